The predicted octanol–water partition coefficient (Wildman–Crippen LogP) is 2.28. The molecular weight excluding hydrogens is 186 g/mol. The van der Waals surface area contributed by atoms with Gasteiger partial charge in [0.2, 0.25) is 0 Å². The summed E-state index contributed by atoms with van der Waals surface area (Å²) < 4.78 is 0. The topological polar surface area (TPSA) is 54.7 Å². The normalized spacial score (nSPS) is 18.3. The van der Waals surface area contributed by atoms with E-state index in [9.17, 15) is 0 Å². The summed E-state index contributed by atoms with van der Waals surface area (Å²) in [5, 5.41) is 0. The van der Waals surface area contributed by atoms with Crippen LogP contribution < -0.4 is 5.73 Å². The standard InChI is InChI=1S/C12H15N3/c1-7-2-5-9-10(6-7)15-12(14-9)11(13)8-3-4-8/h2,5-6,8,11H,3-4,13H2,1H3,(H,14,15)/t11-/m0/s1. The molecule has 78 valence electrons. The Kier molecular flexibility index (Phi) is 1.83. The zero-order chi connectivity index (χ0) is 10.4. The van der Waals surface area contributed by atoms with Crippen molar-refractivity contribution in [1.82, 2.24) is 9.97 Å². The molecule has 1 aromatic heterocycles. The summed E-state index contributed by atoms with van der Waals surface area (Å²) in [5.41, 5.74) is 9.47. The summed E-state index contributed by atoms with van der Waals surface area (Å²) >= 11 is 0. The van der Waals surface area contributed by atoms with Gasteiger partial charge in [0.25, 0.3) is 0 Å². The van der Waals surface area contributed by atoms with Crippen molar-refractivity contribution < 1.29 is 0 Å². The molecule has 0 unspecified atom stereocenters. The Morgan fingerprint density at radius 2 is 2.27 bits per heavy atom. The highest BCUT2D eigenvalue weighted by Gasteiger charge is 2.31. The van der Waals surface area contributed by atoms with Crippen LogP contribution in [0.2, 0.25) is 0 Å². The summed E-state index contributed by atoms with van der Waals surface area (Å²) in [4.78, 5) is 7.86. The first-order valence-corrected chi connectivity index (χ1v) is 5.46. The van der Waals surface area contributed by atoms with Gasteiger partial charge in [0.15, 0.2) is 0 Å². The van der Waals surface area contributed by atoms with E-state index in [4.69, 9.17) is 5.73 Å². The Hall–Kier alpha value is -1.35. The highest BCUT2D eigenvalue weighted by atomic mass is 15.0. The summed E-state index contributed by atoms with van der Waals surface area (Å²) in [6.07, 6.45) is 2.49. The fourth-order valence-electron chi connectivity index (χ4n) is 1.98. The molecule has 1 saturated carbocycles. The third-order valence-corrected chi connectivity index (χ3v) is 3.10. The van der Waals surface area contributed by atoms with Crippen molar-refractivity contribution in [1.29, 1.82) is 0 Å². The number of aromatic nitrogens is 2. The maximum atomic E-state index is 6.11. The van der Waals surface area contributed by atoms with Crippen molar-refractivity contribution >= 4 is 11.0 Å². The van der Waals surface area contributed by atoms with Crippen molar-refractivity contribution in [3.8, 4) is 0 Å². The molecule has 1 atom stereocenters. The summed E-state index contributed by atoms with van der Waals surface area (Å²) in [6, 6.07) is 6.34. The van der Waals surface area contributed by atoms with E-state index in [0.29, 0.717) is 5.92 Å². The number of hydrogen-bond acceptors (Lipinski definition) is 2. The number of fused-ring (bicyclic) bond motifs is 1. The van der Waals surface area contributed by atoms with E-state index in [0.717, 1.165) is 16.9 Å². The number of rotatable bonds is 2. The molecule has 3 rings (SSSR count). The first-order valence-electron chi connectivity index (χ1n) is 5.46. The van der Waals surface area contributed by atoms with E-state index >= 15 is 0 Å². The van der Waals surface area contributed by atoms with Gasteiger partial charge in [0.1, 0.15) is 5.82 Å². The molecule has 2 aromatic rings. The van der Waals surface area contributed by atoms with Gasteiger partial charge in [-0.05, 0) is 43.4 Å². The third kappa shape index (κ3) is 1.53. The van der Waals surface area contributed by atoms with Crippen LogP contribution in [0.4, 0.5) is 0 Å². The minimum absolute atomic E-state index is 0.0951. The van der Waals surface area contributed by atoms with Crippen molar-refractivity contribution in [2.45, 2.75) is 25.8 Å². The van der Waals surface area contributed by atoms with Gasteiger partial charge in [-0.1, -0.05) is 6.07 Å². The monoisotopic (exact) mass is 201 g/mol. The van der Waals surface area contributed by atoms with Gasteiger partial charge in [0.05, 0.1) is 17.1 Å². The molecular formula is C12H15N3. The van der Waals surface area contributed by atoms with E-state index < -0.39 is 0 Å². The van der Waals surface area contributed by atoms with Crippen LogP contribution in [0.25, 0.3) is 11.0 Å². The second kappa shape index (κ2) is 3.07. The van der Waals surface area contributed by atoms with Crippen LogP contribution in [-0.2, 0) is 0 Å². The number of benzene rings is 1. The lowest BCUT2D eigenvalue weighted by atomic mass is 10.2. The van der Waals surface area contributed by atoms with Crippen molar-refractivity contribution in [2.75, 3.05) is 0 Å². The van der Waals surface area contributed by atoms with Gasteiger partial charge in [-0.2, -0.15) is 0 Å². The quantitative estimate of drug-likeness (QED) is 0.783. The first kappa shape index (κ1) is 8.92. The Bertz CT molecular complexity index is 497. The van der Waals surface area contributed by atoms with E-state index in [1.54, 1.807) is 0 Å². The van der Waals surface area contributed by atoms with E-state index in [2.05, 4.69) is 29.0 Å². The fourth-order valence-corrected chi connectivity index (χ4v) is 1.98. The third-order valence-electron chi connectivity index (χ3n) is 3.10. The average molecular weight is 201 g/mol. The van der Waals surface area contributed by atoms with Gasteiger partial charge in [-0.25, -0.2) is 4.98 Å². The Morgan fingerprint density at radius 1 is 1.47 bits per heavy atom. The van der Waals surface area contributed by atoms with Crippen molar-refractivity contribution in [3.63, 3.8) is 0 Å². The Balaban J connectivity index is 2.05. The number of nitrogens with one attached hydrogen (secondary N) is 1. The van der Waals surface area contributed by atoms with E-state index in [1.165, 1.54) is 18.4 Å². The average Bonchev–Trinajstić information content (AvgIpc) is 2.97. The SMILES string of the molecule is Cc1ccc2nc([C@@H](N)C3CC3)[nH]c2c1. The smallest absolute Gasteiger partial charge is 0.124 e. The number of aryl methyl sites for hydroxylation is 1. The van der Waals surface area contributed by atoms with Crippen LogP contribution in [0, 0.1) is 12.8 Å². The highest BCUT2D eigenvalue weighted by Crippen LogP contribution is 2.38. The largest absolute Gasteiger partial charge is 0.341 e. The van der Waals surface area contributed by atoms with E-state index in [1.807, 2.05) is 6.07 Å². The molecule has 0 bridgehead atoms. The van der Waals surface area contributed by atoms with Gasteiger partial charge >= 0.3 is 0 Å². The fraction of sp³-hybridized carbons (Fsp3) is 0.417. The highest BCUT2D eigenvalue weighted by molar-refractivity contribution is 5.75. The van der Waals surface area contributed by atoms with E-state index in [-0.39, 0.29) is 6.04 Å². The molecule has 1 heterocycles. The molecule has 1 aliphatic carbocycles. The second-order valence-corrected chi connectivity index (χ2v) is 4.51. The molecule has 0 radical (unpaired) electrons. The number of hydrogen-bond donors (Lipinski definition) is 2. The molecule has 3 heteroatoms. The van der Waals surface area contributed by atoms with Crippen LogP contribution in [0.3, 0.4) is 0 Å². The van der Waals surface area contributed by atoms with Crippen LogP contribution >= 0.6 is 0 Å². The first-order chi connectivity index (χ1) is 7.24. The number of nitrogens with two attached hydrogens (primary N) is 1. The molecule has 0 amide bonds. The molecule has 1 fully saturated rings. The van der Waals surface area contributed by atoms with Gasteiger partial charge in [0, 0.05) is 0 Å². The van der Waals surface area contributed by atoms with Gasteiger partial charge in [-0.15, -0.1) is 0 Å². The maximum absolute atomic E-state index is 6.11. The van der Waals surface area contributed by atoms with Crippen molar-refractivity contribution in [2.24, 2.45) is 11.7 Å². The predicted molar refractivity (Wildman–Crippen MR) is 60.5 cm³/mol. The molecule has 1 aliphatic rings. The number of aromatic amines is 1. The lowest BCUT2D eigenvalue weighted by Gasteiger charge is -2.04. The molecule has 3 N–H and O–H groups in total. The van der Waals surface area contributed by atoms with Crippen LogP contribution in [0.1, 0.15) is 30.3 Å². The lowest BCUT2D eigenvalue weighted by molar-refractivity contribution is 0.602. The number of H-pyrrole nitrogens is 1. The van der Waals surface area contributed by atoms with Crippen molar-refractivity contribution in [3.05, 3.63) is 29.6 Å². The van der Waals surface area contributed by atoms with Gasteiger partial charge < -0.3 is 10.7 Å². The number of nitrogens with zero attached hydrogens (tertiary/aromatic N) is 1. The molecule has 15 heavy (non-hydrogen) atoms. The minimum Gasteiger partial charge on any atom is -0.341 e. The van der Waals surface area contributed by atoms with Crippen LogP contribution in [-0.4, -0.2) is 9.97 Å². The zero-order valence-electron chi connectivity index (χ0n) is 8.83. The molecule has 1 aromatic carbocycles. The lowest BCUT2D eigenvalue weighted by Crippen LogP contribution is -2.13. The van der Waals surface area contributed by atoms with Crippen LogP contribution in [0.15, 0.2) is 18.2 Å². The Morgan fingerprint density at radius 3 is 3.00 bits per heavy atom. The summed E-state index contributed by atoms with van der Waals surface area (Å²) in [6.45, 7) is 2.08. The van der Waals surface area contributed by atoms with Crippen LogP contribution in [0.5, 0.6) is 0 Å². The van der Waals surface area contributed by atoms with Gasteiger partial charge in [-0.3, -0.25) is 0 Å². The summed E-state index contributed by atoms with van der Waals surface area (Å²) in [5.74, 6) is 1.59. The molecule has 3 nitrogen and oxygen atoms in total. The molecule has 0 saturated heterocycles. The Labute approximate surface area is 88.7 Å². The second-order valence-electron chi connectivity index (χ2n) is 4.51. The summed E-state index contributed by atoms with van der Waals surface area (Å²) in [7, 11) is 0. The molecule has 0 aliphatic heterocycles. The minimum atomic E-state index is 0.0951. The maximum Gasteiger partial charge on any atom is 0.124 e. The number of imidazole rings is 1. The molecule has 0 spiro atoms. The zero-order valence-corrected chi connectivity index (χ0v) is 8.83.